The minimum Gasteiger partial charge on any atom is -0.342 e. The Bertz CT molecular complexity index is 561. The summed E-state index contributed by atoms with van der Waals surface area (Å²) >= 11 is 0. The maximum Gasteiger partial charge on any atom is 0.228 e. The van der Waals surface area contributed by atoms with E-state index in [9.17, 15) is 18.0 Å². The molecule has 1 unspecified atom stereocenters. The van der Waals surface area contributed by atoms with E-state index >= 15 is 0 Å². The SMILES string of the molecule is CC(C)CN1CC(C(=O)N2CCCN(S(C)(=O)=O)CC2)CC1=O. The highest BCUT2D eigenvalue weighted by Gasteiger charge is 2.37. The molecule has 0 aromatic carbocycles. The first-order chi connectivity index (χ1) is 10.7. The highest BCUT2D eigenvalue weighted by molar-refractivity contribution is 7.88. The minimum atomic E-state index is -3.22. The van der Waals surface area contributed by atoms with Crippen molar-refractivity contribution >= 4 is 21.8 Å². The first-order valence-electron chi connectivity index (χ1n) is 8.20. The van der Waals surface area contributed by atoms with Gasteiger partial charge in [0, 0.05) is 45.7 Å². The summed E-state index contributed by atoms with van der Waals surface area (Å²) in [5.74, 6) is 0.130. The fraction of sp³-hybridized carbons (Fsp3) is 0.867. The molecular weight excluding hydrogens is 318 g/mol. The van der Waals surface area contributed by atoms with Gasteiger partial charge in [-0.15, -0.1) is 0 Å². The molecule has 2 fully saturated rings. The Labute approximate surface area is 138 Å². The second-order valence-electron chi connectivity index (χ2n) is 6.93. The van der Waals surface area contributed by atoms with Crippen LogP contribution in [0.25, 0.3) is 0 Å². The van der Waals surface area contributed by atoms with Crippen LogP contribution in [-0.2, 0) is 19.6 Å². The van der Waals surface area contributed by atoms with Crippen LogP contribution in [0.4, 0.5) is 0 Å². The summed E-state index contributed by atoms with van der Waals surface area (Å²) in [7, 11) is -3.22. The number of rotatable bonds is 4. The Kier molecular flexibility index (Phi) is 5.67. The molecule has 0 aromatic heterocycles. The maximum absolute atomic E-state index is 12.7. The van der Waals surface area contributed by atoms with Gasteiger partial charge in [0.15, 0.2) is 0 Å². The van der Waals surface area contributed by atoms with Gasteiger partial charge in [-0.25, -0.2) is 12.7 Å². The van der Waals surface area contributed by atoms with Crippen molar-refractivity contribution in [2.45, 2.75) is 26.7 Å². The Morgan fingerprint density at radius 1 is 1.22 bits per heavy atom. The van der Waals surface area contributed by atoms with Crippen LogP contribution in [0.1, 0.15) is 26.7 Å². The third-order valence-electron chi connectivity index (χ3n) is 4.38. The van der Waals surface area contributed by atoms with E-state index in [0.717, 1.165) is 0 Å². The number of likely N-dealkylation sites (tertiary alicyclic amines) is 1. The number of carbonyl (C=O) groups is 2. The molecule has 0 radical (unpaired) electrons. The first kappa shape index (κ1) is 18.2. The molecule has 23 heavy (non-hydrogen) atoms. The van der Waals surface area contributed by atoms with Crippen LogP contribution in [0.5, 0.6) is 0 Å². The lowest BCUT2D eigenvalue weighted by atomic mass is 10.1. The van der Waals surface area contributed by atoms with Crippen LogP contribution in [0, 0.1) is 11.8 Å². The molecular formula is C15H27N3O4S. The van der Waals surface area contributed by atoms with Crippen LogP contribution in [0.3, 0.4) is 0 Å². The van der Waals surface area contributed by atoms with Crippen LogP contribution in [0.15, 0.2) is 0 Å². The number of sulfonamides is 1. The zero-order chi connectivity index (χ0) is 17.2. The maximum atomic E-state index is 12.7. The number of carbonyl (C=O) groups excluding carboxylic acids is 2. The molecule has 7 nitrogen and oxygen atoms in total. The van der Waals surface area contributed by atoms with Crippen molar-refractivity contribution in [2.24, 2.45) is 11.8 Å². The lowest BCUT2D eigenvalue weighted by molar-refractivity contribution is -0.135. The summed E-state index contributed by atoms with van der Waals surface area (Å²) < 4.78 is 24.7. The highest BCUT2D eigenvalue weighted by Crippen LogP contribution is 2.22. The molecule has 2 aliphatic rings. The Hall–Kier alpha value is -1.15. The second kappa shape index (κ2) is 7.17. The predicted octanol–water partition coefficient (Wildman–Crippen LogP) is -0.0152. The van der Waals surface area contributed by atoms with Gasteiger partial charge in [0.2, 0.25) is 21.8 Å². The number of amides is 2. The van der Waals surface area contributed by atoms with Crippen molar-refractivity contribution in [2.75, 3.05) is 45.5 Å². The third-order valence-corrected chi connectivity index (χ3v) is 5.69. The van der Waals surface area contributed by atoms with Gasteiger partial charge in [0.05, 0.1) is 12.2 Å². The summed E-state index contributed by atoms with van der Waals surface area (Å²) in [4.78, 5) is 28.2. The summed E-state index contributed by atoms with van der Waals surface area (Å²) in [6.45, 7) is 7.02. The summed E-state index contributed by atoms with van der Waals surface area (Å²) in [6, 6.07) is 0. The van der Waals surface area contributed by atoms with Crippen molar-refractivity contribution in [1.82, 2.24) is 14.1 Å². The fourth-order valence-corrected chi connectivity index (χ4v) is 4.13. The molecule has 0 spiro atoms. The average molecular weight is 345 g/mol. The normalized spacial score (nSPS) is 24.3. The lowest BCUT2D eigenvalue weighted by Crippen LogP contribution is -2.40. The smallest absolute Gasteiger partial charge is 0.228 e. The lowest BCUT2D eigenvalue weighted by Gasteiger charge is -2.24. The Balaban J connectivity index is 1.95. The van der Waals surface area contributed by atoms with Gasteiger partial charge < -0.3 is 9.80 Å². The average Bonchev–Trinajstić information content (AvgIpc) is 2.65. The number of hydrogen-bond acceptors (Lipinski definition) is 4. The van der Waals surface area contributed by atoms with Crippen molar-refractivity contribution < 1.29 is 18.0 Å². The molecule has 0 saturated carbocycles. The topological polar surface area (TPSA) is 78.0 Å². The highest BCUT2D eigenvalue weighted by atomic mass is 32.2. The van der Waals surface area contributed by atoms with Gasteiger partial charge in [0.25, 0.3) is 0 Å². The van der Waals surface area contributed by atoms with Gasteiger partial charge in [-0.1, -0.05) is 13.8 Å². The largest absolute Gasteiger partial charge is 0.342 e. The van der Waals surface area contributed by atoms with Gasteiger partial charge in [0.1, 0.15) is 0 Å². The van der Waals surface area contributed by atoms with Crippen LogP contribution in [-0.4, -0.2) is 79.9 Å². The van der Waals surface area contributed by atoms with Gasteiger partial charge >= 0.3 is 0 Å². The molecule has 8 heteroatoms. The second-order valence-corrected chi connectivity index (χ2v) is 8.92. The van der Waals surface area contributed by atoms with Crippen molar-refractivity contribution in [3.05, 3.63) is 0 Å². The molecule has 2 saturated heterocycles. The van der Waals surface area contributed by atoms with Crippen LogP contribution in [0.2, 0.25) is 0 Å². The molecule has 2 heterocycles. The van der Waals surface area contributed by atoms with E-state index in [1.54, 1.807) is 9.80 Å². The van der Waals surface area contributed by atoms with Crippen LogP contribution >= 0.6 is 0 Å². The van der Waals surface area contributed by atoms with E-state index in [1.165, 1.54) is 10.6 Å². The molecule has 132 valence electrons. The van der Waals surface area contributed by atoms with Gasteiger partial charge in [-0.3, -0.25) is 9.59 Å². The molecule has 1 atom stereocenters. The Morgan fingerprint density at radius 3 is 2.52 bits per heavy atom. The Morgan fingerprint density at radius 2 is 1.91 bits per heavy atom. The van der Waals surface area contributed by atoms with E-state index in [0.29, 0.717) is 51.6 Å². The van der Waals surface area contributed by atoms with Crippen molar-refractivity contribution in [1.29, 1.82) is 0 Å². The zero-order valence-corrected chi connectivity index (χ0v) is 15.0. The van der Waals surface area contributed by atoms with Gasteiger partial charge in [-0.2, -0.15) is 0 Å². The molecule has 0 bridgehead atoms. The third kappa shape index (κ3) is 4.67. The molecule has 0 aromatic rings. The molecule has 2 aliphatic heterocycles. The standard InChI is InChI=1S/C15H27N3O4S/c1-12(2)10-17-11-13(9-14(17)19)15(20)16-5-4-6-18(8-7-16)23(3,21)22/h12-13H,4-11H2,1-3H3. The van der Waals surface area contributed by atoms with Crippen molar-refractivity contribution in [3.63, 3.8) is 0 Å². The minimum absolute atomic E-state index is 0.0139. The van der Waals surface area contributed by atoms with E-state index in [1.807, 2.05) is 0 Å². The molecule has 2 amide bonds. The summed E-state index contributed by atoms with van der Waals surface area (Å²) in [5, 5.41) is 0. The molecule has 0 N–H and O–H groups in total. The first-order valence-corrected chi connectivity index (χ1v) is 10.0. The van der Waals surface area contributed by atoms with E-state index in [2.05, 4.69) is 13.8 Å². The molecule has 0 aliphatic carbocycles. The summed E-state index contributed by atoms with van der Waals surface area (Å²) in [5.41, 5.74) is 0. The van der Waals surface area contributed by atoms with E-state index in [-0.39, 0.29) is 24.2 Å². The van der Waals surface area contributed by atoms with E-state index in [4.69, 9.17) is 0 Å². The van der Waals surface area contributed by atoms with Crippen LogP contribution < -0.4 is 0 Å². The van der Waals surface area contributed by atoms with E-state index < -0.39 is 10.0 Å². The van der Waals surface area contributed by atoms with Crippen molar-refractivity contribution in [3.8, 4) is 0 Å². The monoisotopic (exact) mass is 345 g/mol. The zero-order valence-electron chi connectivity index (χ0n) is 14.2. The number of nitrogens with zero attached hydrogens (tertiary/aromatic N) is 3. The predicted molar refractivity (Wildman–Crippen MR) is 87.1 cm³/mol. The number of hydrogen-bond donors (Lipinski definition) is 0. The van der Waals surface area contributed by atoms with Gasteiger partial charge in [-0.05, 0) is 12.3 Å². The molecule has 2 rings (SSSR count). The summed E-state index contributed by atoms with van der Waals surface area (Å²) in [6.07, 6.45) is 2.11. The quantitative estimate of drug-likeness (QED) is 0.718. The fourth-order valence-electron chi connectivity index (χ4n) is 3.26.